The fourth-order valence-corrected chi connectivity index (χ4v) is 5.38. The van der Waals surface area contributed by atoms with Gasteiger partial charge in [-0.25, -0.2) is 8.42 Å². The molecular weight excluding hydrogens is 362 g/mol. The Morgan fingerprint density at radius 3 is 2.76 bits per heavy atom. The Balaban J connectivity index is 1.66. The Morgan fingerprint density at radius 1 is 1.36 bits per heavy atom. The van der Waals surface area contributed by atoms with E-state index >= 15 is 0 Å². The molecule has 0 spiro atoms. The van der Waals surface area contributed by atoms with Crippen LogP contribution in [0.5, 0.6) is 0 Å². The van der Waals surface area contributed by atoms with Crippen LogP contribution < -0.4 is 0 Å². The van der Waals surface area contributed by atoms with Gasteiger partial charge in [-0.2, -0.15) is 4.68 Å². The number of hydrogen-bond acceptors (Lipinski definition) is 7. The molecule has 10 heteroatoms. The topological polar surface area (TPSA) is 98.1 Å². The summed E-state index contributed by atoms with van der Waals surface area (Å²) in [5.74, 6) is 0.273. The lowest BCUT2D eigenvalue weighted by Crippen LogP contribution is -2.42. The minimum atomic E-state index is -3.02. The predicted molar refractivity (Wildman–Crippen MR) is 94.3 cm³/mol. The van der Waals surface area contributed by atoms with Gasteiger partial charge < -0.3 is 4.90 Å². The predicted octanol–water partition coefficient (Wildman–Crippen LogP) is 0.790. The first-order valence-electron chi connectivity index (χ1n) is 7.96. The van der Waals surface area contributed by atoms with Gasteiger partial charge in [0.2, 0.25) is 11.1 Å². The number of amides is 1. The highest BCUT2D eigenvalue weighted by molar-refractivity contribution is 7.99. The lowest BCUT2D eigenvalue weighted by Gasteiger charge is -2.26. The second-order valence-corrected chi connectivity index (χ2v) is 8.91. The highest BCUT2D eigenvalue weighted by Gasteiger charge is 2.33. The zero-order valence-electron chi connectivity index (χ0n) is 13.8. The standard InChI is InChI=1S/C15H19N5O3S2/c1-2-19(13-8-9-25(22,23)11-13)14(21)10-24-15-16-17-18-20(15)12-6-4-3-5-7-12/h3-7,13H,2,8-11H2,1H3/t13-/m1/s1. The second kappa shape index (κ2) is 7.52. The number of hydrogen-bond donors (Lipinski definition) is 0. The molecule has 1 aromatic heterocycles. The average Bonchev–Trinajstić information content (AvgIpc) is 3.21. The van der Waals surface area contributed by atoms with E-state index in [1.165, 1.54) is 11.8 Å². The molecular formula is C15H19N5O3S2. The van der Waals surface area contributed by atoms with E-state index in [-0.39, 0.29) is 29.2 Å². The van der Waals surface area contributed by atoms with Crippen LogP contribution in [0.4, 0.5) is 0 Å². The SMILES string of the molecule is CCN(C(=O)CSc1nnnn1-c1ccccc1)[C@@H]1CCS(=O)(=O)C1. The normalized spacial score (nSPS) is 19.0. The van der Waals surface area contributed by atoms with Crippen LogP contribution in [0.15, 0.2) is 35.5 Å². The zero-order valence-corrected chi connectivity index (χ0v) is 15.4. The number of rotatable bonds is 6. The van der Waals surface area contributed by atoms with E-state index in [0.717, 1.165) is 5.69 Å². The van der Waals surface area contributed by atoms with Crippen molar-refractivity contribution in [2.24, 2.45) is 0 Å². The van der Waals surface area contributed by atoms with Gasteiger partial charge in [-0.05, 0) is 35.9 Å². The van der Waals surface area contributed by atoms with Gasteiger partial charge in [0.25, 0.3) is 0 Å². The number of para-hydroxylation sites is 1. The molecule has 0 N–H and O–H groups in total. The number of carbonyl (C=O) groups is 1. The molecule has 1 aliphatic heterocycles. The van der Waals surface area contributed by atoms with Crippen LogP contribution in [0.2, 0.25) is 0 Å². The van der Waals surface area contributed by atoms with Crippen LogP contribution in [-0.2, 0) is 14.6 Å². The molecule has 134 valence electrons. The maximum atomic E-state index is 12.5. The Bertz CT molecular complexity index is 838. The monoisotopic (exact) mass is 381 g/mol. The lowest BCUT2D eigenvalue weighted by atomic mass is 10.2. The Kier molecular flexibility index (Phi) is 5.38. The summed E-state index contributed by atoms with van der Waals surface area (Å²) in [6, 6.07) is 9.20. The molecule has 0 saturated carbocycles. The van der Waals surface area contributed by atoms with Crippen LogP contribution in [0, 0.1) is 0 Å². The molecule has 0 unspecified atom stereocenters. The Labute approximate surface area is 150 Å². The van der Waals surface area contributed by atoms with Crippen molar-refractivity contribution >= 4 is 27.5 Å². The van der Waals surface area contributed by atoms with Gasteiger partial charge >= 0.3 is 0 Å². The van der Waals surface area contributed by atoms with Crippen LogP contribution in [0.25, 0.3) is 5.69 Å². The van der Waals surface area contributed by atoms with E-state index in [9.17, 15) is 13.2 Å². The number of nitrogens with zero attached hydrogens (tertiary/aromatic N) is 5. The molecule has 1 aliphatic rings. The summed E-state index contributed by atoms with van der Waals surface area (Å²) in [7, 11) is -3.02. The molecule has 1 amide bonds. The van der Waals surface area contributed by atoms with Gasteiger partial charge in [-0.3, -0.25) is 4.79 Å². The maximum Gasteiger partial charge on any atom is 0.233 e. The highest BCUT2D eigenvalue weighted by Crippen LogP contribution is 2.22. The molecule has 1 fully saturated rings. The van der Waals surface area contributed by atoms with E-state index in [1.807, 2.05) is 37.3 Å². The Morgan fingerprint density at radius 2 is 2.12 bits per heavy atom. The quantitative estimate of drug-likeness (QED) is 0.682. The van der Waals surface area contributed by atoms with Crippen molar-refractivity contribution in [1.29, 1.82) is 0 Å². The number of carbonyl (C=O) groups excluding carboxylic acids is 1. The van der Waals surface area contributed by atoms with Crippen molar-refractivity contribution in [3.05, 3.63) is 30.3 Å². The first-order chi connectivity index (χ1) is 12.0. The van der Waals surface area contributed by atoms with Crippen LogP contribution >= 0.6 is 11.8 Å². The van der Waals surface area contributed by atoms with Crippen LogP contribution in [0.3, 0.4) is 0 Å². The molecule has 1 atom stereocenters. The third-order valence-electron chi connectivity index (χ3n) is 4.08. The zero-order chi connectivity index (χ0) is 17.9. The van der Waals surface area contributed by atoms with Gasteiger partial charge in [0.05, 0.1) is 22.9 Å². The molecule has 25 heavy (non-hydrogen) atoms. The summed E-state index contributed by atoms with van der Waals surface area (Å²) < 4.78 is 24.9. The second-order valence-electron chi connectivity index (χ2n) is 5.73. The van der Waals surface area contributed by atoms with Crippen molar-refractivity contribution in [2.45, 2.75) is 24.5 Å². The minimum absolute atomic E-state index is 0.0546. The fourth-order valence-electron chi connectivity index (χ4n) is 2.87. The smallest absolute Gasteiger partial charge is 0.233 e. The summed E-state index contributed by atoms with van der Waals surface area (Å²) in [6.45, 7) is 2.35. The van der Waals surface area contributed by atoms with E-state index in [4.69, 9.17) is 0 Å². The van der Waals surface area contributed by atoms with Crippen LogP contribution in [-0.4, -0.2) is 69.3 Å². The first kappa shape index (κ1) is 17.9. The average molecular weight is 381 g/mol. The van der Waals surface area contributed by atoms with Gasteiger partial charge in [0.1, 0.15) is 0 Å². The lowest BCUT2D eigenvalue weighted by molar-refractivity contribution is -0.129. The summed E-state index contributed by atoms with van der Waals surface area (Å²) in [5, 5.41) is 12.1. The third kappa shape index (κ3) is 4.18. The molecule has 1 saturated heterocycles. The van der Waals surface area contributed by atoms with Crippen LogP contribution in [0.1, 0.15) is 13.3 Å². The van der Waals surface area contributed by atoms with Crippen molar-refractivity contribution in [2.75, 3.05) is 23.8 Å². The van der Waals surface area contributed by atoms with Gasteiger partial charge in [-0.1, -0.05) is 30.0 Å². The molecule has 0 radical (unpaired) electrons. The summed E-state index contributed by atoms with van der Waals surface area (Å²) in [6.07, 6.45) is 0.508. The van der Waals surface area contributed by atoms with E-state index in [2.05, 4.69) is 15.5 Å². The van der Waals surface area contributed by atoms with E-state index in [0.29, 0.717) is 18.1 Å². The number of thioether (sulfide) groups is 1. The summed E-state index contributed by atoms with van der Waals surface area (Å²) in [5.41, 5.74) is 0.816. The molecule has 0 aliphatic carbocycles. The van der Waals surface area contributed by atoms with Gasteiger partial charge in [0, 0.05) is 12.6 Å². The first-order valence-corrected chi connectivity index (χ1v) is 10.8. The fraction of sp³-hybridized carbons (Fsp3) is 0.467. The number of benzene rings is 1. The maximum absolute atomic E-state index is 12.5. The number of sulfone groups is 1. The highest BCUT2D eigenvalue weighted by atomic mass is 32.2. The number of aromatic nitrogens is 4. The van der Waals surface area contributed by atoms with Crippen molar-refractivity contribution in [1.82, 2.24) is 25.1 Å². The van der Waals surface area contributed by atoms with E-state index < -0.39 is 9.84 Å². The van der Waals surface area contributed by atoms with E-state index in [1.54, 1.807) is 9.58 Å². The Hall–Kier alpha value is -1.94. The molecule has 2 aromatic rings. The van der Waals surface area contributed by atoms with Gasteiger partial charge in [0.15, 0.2) is 9.84 Å². The largest absolute Gasteiger partial charge is 0.338 e. The molecule has 3 rings (SSSR count). The summed E-state index contributed by atoms with van der Waals surface area (Å²) >= 11 is 1.25. The third-order valence-corrected chi connectivity index (χ3v) is 6.73. The number of tetrazole rings is 1. The van der Waals surface area contributed by atoms with Gasteiger partial charge in [-0.15, -0.1) is 5.10 Å². The molecule has 2 heterocycles. The van der Waals surface area contributed by atoms with Crippen molar-refractivity contribution in [3.63, 3.8) is 0 Å². The molecule has 1 aromatic carbocycles. The summed E-state index contributed by atoms with van der Waals surface area (Å²) in [4.78, 5) is 14.2. The molecule has 8 nitrogen and oxygen atoms in total. The minimum Gasteiger partial charge on any atom is -0.338 e. The van der Waals surface area contributed by atoms with Crippen molar-refractivity contribution in [3.8, 4) is 5.69 Å². The molecule has 0 bridgehead atoms. The van der Waals surface area contributed by atoms with Crippen molar-refractivity contribution < 1.29 is 13.2 Å².